The molecule has 0 aliphatic heterocycles. The van der Waals surface area contributed by atoms with Gasteiger partial charge >= 0.3 is 65.1 Å². The van der Waals surface area contributed by atoms with E-state index >= 15 is 0 Å². The zero-order valence-electron chi connectivity index (χ0n) is 25.7. The molecule has 0 radical (unpaired) electrons. The monoisotopic (exact) mass is 821 g/mol. The van der Waals surface area contributed by atoms with Crippen molar-refractivity contribution in [3.63, 3.8) is 0 Å². The third-order valence-corrected chi connectivity index (χ3v) is 5.52. The summed E-state index contributed by atoms with van der Waals surface area (Å²) in [6, 6.07) is 12.2. The SMILES string of the molecule is Brc1ccccn1.C=[C-]C.CC(=O)c1ccc(Br)nc1.CC(=O)c1ccc([C@](C)(O)COS(C)(=O)=O)nc1.FB(F)F.O=C=O.[K+]. The van der Waals surface area contributed by atoms with Crippen molar-refractivity contribution in [1.82, 2.24) is 15.0 Å². The van der Waals surface area contributed by atoms with Crippen LogP contribution in [0.4, 0.5) is 12.9 Å². The van der Waals surface area contributed by atoms with Gasteiger partial charge in [-0.3, -0.25) is 38.3 Å². The summed E-state index contributed by atoms with van der Waals surface area (Å²) in [6.07, 6.45) is 8.26. The third kappa shape index (κ3) is 32.2. The normalized spacial score (nSPS) is 10.3. The van der Waals surface area contributed by atoms with E-state index in [1.54, 1.807) is 31.5 Å². The minimum Gasteiger partial charge on any atom is -0.507 e. The molecule has 3 aromatic heterocycles. The molecule has 246 valence electrons. The maximum atomic E-state index is 11.1. The first-order valence-corrected chi connectivity index (χ1v) is 15.3. The largest absolute Gasteiger partial charge is 1.00 e. The second-order valence-corrected chi connectivity index (χ2v) is 11.3. The van der Waals surface area contributed by atoms with Gasteiger partial charge in [0.25, 0.3) is 10.1 Å². The Morgan fingerprint density at radius 3 is 1.65 bits per heavy atom. The summed E-state index contributed by atoms with van der Waals surface area (Å²) in [5, 5.41) is 10.0. The van der Waals surface area contributed by atoms with Gasteiger partial charge < -0.3 is 11.2 Å². The van der Waals surface area contributed by atoms with Crippen molar-refractivity contribution in [3.05, 3.63) is 99.7 Å². The van der Waals surface area contributed by atoms with Crippen LogP contribution in [0, 0.1) is 6.08 Å². The first-order chi connectivity index (χ1) is 20.8. The first-order valence-electron chi connectivity index (χ1n) is 11.9. The van der Waals surface area contributed by atoms with E-state index in [4.69, 9.17) is 9.59 Å². The number of pyridine rings is 3. The first kappa shape index (κ1) is 51.1. The molecular weight excluding hydrogens is 793 g/mol. The Bertz CT molecular complexity index is 1420. The molecule has 0 aliphatic rings. The average Bonchev–Trinajstić information content (AvgIpc) is 2.94. The minimum absolute atomic E-state index is 0. The number of carbonyl (C=O) groups excluding carboxylic acids is 4. The quantitative estimate of drug-likeness (QED) is 0.128. The van der Waals surface area contributed by atoms with Crippen LogP contribution in [0.1, 0.15) is 54.1 Å². The molecule has 0 aliphatic carbocycles. The molecule has 19 heteroatoms. The van der Waals surface area contributed by atoms with Crippen LogP contribution >= 0.6 is 31.9 Å². The van der Waals surface area contributed by atoms with E-state index in [1.165, 1.54) is 39.1 Å². The fourth-order valence-corrected chi connectivity index (χ4v) is 3.09. The summed E-state index contributed by atoms with van der Waals surface area (Å²) in [7, 11) is -7.30. The molecule has 0 unspecified atom stereocenters. The van der Waals surface area contributed by atoms with Crippen LogP contribution in [0.15, 0.2) is 76.8 Å². The number of nitrogens with zero attached hydrogens (tertiary/aromatic N) is 3. The third-order valence-electron chi connectivity index (χ3n) is 4.04. The second-order valence-electron chi connectivity index (χ2n) is 7.99. The van der Waals surface area contributed by atoms with E-state index in [2.05, 4.69) is 63.6 Å². The van der Waals surface area contributed by atoms with E-state index in [-0.39, 0.29) is 74.8 Å². The summed E-state index contributed by atoms with van der Waals surface area (Å²) in [6.45, 7) is 8.87. The number of aliphatic hydroxyl groups is 1. The standard InChI is InChI=1S/C11H15NO5S.C7H6BrNO.C5H4BrN.C3H5.CO2.BF3.K/c1-8(13)9-4-5-10(12-6-9)11(2,14)7-17-18(3,15)16;1-5(10)6-2-3-7(8)9-4-6;6-5-3-1-2-4-7-5;1-3-2;2-1-3;2-1(3)4;/h4-6,14H,7H2,1-3H3;2-4H,1H3;1-4H;1H2,2H3;;;/q;;;-1;;;+1/t11-;;;;;;/m1....../s1. The number of allylic oxidation sites excluding steroid dienone is 1. The van der Waals surface area contributed by atoms with Crippen LogP contribution < -0.4 is 51.4 Å². The zero-order valence-corrected chi connectivity index (χ0v) is 32.8. The van der Waals surface area contributed by atoms with Gasteiger partial charge in [0.1, 0.15) is 21.4 Å². The smallest absolute Gasteiger partial charge is 0.507 e. The fraction of sp³-hybridized carbons (Fsp3) is 0.259. The Balaban J connectivity index is -0.000000266. The predicted octanol–water partition coefficient (Wildman–Crippen LogP) is 2.65. The predicted molar refractivity (Wildman–Crippen MR) is 167 cm³/mol. The maximum absolute atomic E-state index is 11.1. The van der Waals surface area contributed by atoms with Crippen LogP contribution in [0.2, 0.25) is 0 Å². The molecule has 0 aromatic carbocycles. The van der Waals surface area contributed by atoms with Crippen molar-refractivity contribution >= 4 is 67.2 Å². The van der Waals surface area contributed by atoms with E-state index in [9.17, 15) is 36.1 Å². The molecule has 3 aromatic rings. The van der Waals surface area contributed by atoms with Gasteiger partial charge in [0.2, 0.25) is 0 Å². The van der Waals surface area contributed by atoms with Crippen molar-refractivity contribution in [2.45, 2.75) is 33.3 Å². The Kier molecular flexibility index (Phi) is 32.6. The van der Waals surface area contributed by atoms with Gasteiger partial charge in [0.15, 0.2) is 11.6 Å². The van der Waals surface area contributed by atoms with Crippen molar-refractivity contribution in [1.29, 1.82) is 0 Å². The summed E-state index contributed by atoms with van der Waals surface area (Å²) in [4.78, 5) is 49.7. The number of carbonyl (C=O) groups is 2. The molecule has 0 amide bonds. The number of ketones is 2. The van der Waals surface area contributed by atoms with Gasteiger partial charge in [-0.1, -0.05) is 6.07 Å². The van der Waals surface area contributed by atoms with Gasteiger partial charge in [-0.15, -0.1) is 0 Å². The fourth-order valence-electron chi connectivity index (χ4n) is 2.14. The molecule has 46 heavy (non-hydrogen) atoms. The number of Topliss-reactive ketones (excluding diaryl/α,β-unsaturated/α-hetero) is 2. The molecule has 0 fully saturated rings. The minimum atomic E-state index is -3.67. The number of hydrogen-bond donors (Lipinski definition) is 1. The van der Waals surface area contributed by atoms with Gasteiger partial charge in [-0.25, -0.2) is 9.97 Å². The number of aromatic nitrogens is 3. The van der Waals surface area contributed by atoms with Crippen molar-refractivity contribution in [2.75, 3.05) is 12.9 Å². The van der Waals surface area contributed by atoms with Crippen LogP contribution in [0.25, 0.3) is 0 Å². The maximum Gasteiger partial charge on any atom is 1.00 e. The van der Waals surface area contributed by atoms with Gasteiger partial charge in [-0.05, 0) is 89.0 Å². The summed E-state index contributed by atoms with van der Waals surface area (Å²) >= 11 is 6.37. The average molecular weight is 823 g/mol. The molecule has 1 N–H and O–H groups in total. The molecule has 3 heterocycles. The van der Waals surface area contributed by atoms with E-state index in [0.29, 0.717) is 11.1 Å². The van der Waals surface area contributed by atoms with E-state index in [0.717, 1.165) is 15.5 Å². The van der Waals surface area contributed by atoms with Crippen molar-refractivity contribution in [3.8, 4) is 0 Å². The molecule has 0 saturated heterocycles. The van der Waals surface area contributed by atoms with E-state index in [1.807, 2.05) is 18.2 Å². The Hall–Kier alpha value is -1.77. The van der Waals surface area contributed by atoms with Crippen LogP contribution in [0.3, 0.4) is 0 Å². The number of rotatable bonds is 6. The number of halogens is 5. The zero-order chi connectivity index (χ0) is 35.6. The van der Waals surface area contributed by atoms with Gasteiger partial charge in [0, 0.05) is 29.7 Å². The second kappa shape index (κ2) is 29.4. The van der Waals surface area contributed by atoms with E-state index < -0.39 is 29.9 Å². The molecule has 11 nitrogen and oxygen atoms in total. The van der Waals surface area contributed by atoms with Crippen molar-refractivity contribution in [2.24, 2.45) is 0 Å². The van der Waals surface area contributed by atoms with Crippen LogP contribution in [0.5, 0.6) is 0 Å². The van der Waals surface area contributed by atoms with Gasteiger partial charge in [-0.2, -0.15) is 24.9 Å². The molecule has 3 rings (SSSR count). The molecule has 0 spiro atoms. The molecule has 1 atom stereocenters. The molecule has 0 bridgehead atoms. The Labute approximate surface area is 325 Å². The summed E-state index contributed by atoms with van der Waals surface area (Å²) in [5.74, 6) is -0.0962. The Morgan fingerprint density at radius 1 is 0.978 bits per heavy atom. The molecular formula is C27H30BBr2F3KN3O8S. The van der Waals surface area contributed by atoms with Crippen molar-refractivity contribution < 1.29 is 101 Å². The molecule has 0 saturated carbocycles. The van der Waals surface area contributed by atoms with Crippen LogP contribution in [-0.2, 0) is 29.5 Å². The summed E-state index contributed by atoms with van der Waals surface area (Å²) in [5.41, 5.74) is -0.254. The topological polar surface area (TPSA) is 171 Å². The van der Waals surface area contributed by atoms with Gasteiger partial charge in [0.05, 0.1) is 11.9 Å². The number of hydrogen-bond acceptors (Lipinski definition) is 11. The summed E-state index contributed by atoms with van der Waals surface area (Å²) < 4.78 is 56.9. The van der Waals surface area contributed by atoms with Crippen LogP contribution in [-0.4, -0.2) is 66.6 Å². The Morgan fingerprint density at radius 2 is 1.39 bits per heavy atom.